The van der Waals surface area contributed by atoms with Crippen molar-refractivity contribution in [2.45, 2.75) is 108 Å². The van der Waals surface area contributed by atoms with Crippen molar-refractivity contribution in [2.24, 2.45) is 0 Å². The van der Waals surface area contributed by atoms with Gasteiger partial charge in [0.05, 0.1) is 0 Å². The van der Waals surface area contributed by atoms with Crippen molar-refractivity contribution in [1.82, 2.24) is 0 Å². The predicted octanol–water partition coefficient (Wildman–Crippen LogP) is 4.08. The SMILES string of the molecule is C=CC[n+]1c(C)[te]c2ccccc21.C=CC[n+]1c(C)[te]c2ccccc21.C=CC[n+]1c(C)[te]c2ccccc21.C=CC[n+]1c(C)[te]c2ccccc21.C=CC[n+]1c(C)[te]c2ccccc21.C=CC[n+]1c(C)[te]c2ccccc21.C=CC[n+]1c(C)[te]c2ccccc21.C=CC[n+]1c(C)[te]c2ccccc21.[O-]B([O-])F.[O-]B([O-])F.[O-]B([O-])F.[O-]B([O-])F. The van der Waals surface area contributed by atoms with Gasteiger partial charge >= 0.3 is 704 Å². The zero-order valence-electron chi connectivity index (χ0n) is 68.3. The fraction of sp³-hybridized carbons (Fsp3) is 0.182. The van der Waals surface area contributed by atoms with Crippen LogP contribution < -0.4 is 76.7 Å². The van der Waals surface area contributed by atoms with Gasteiger partial charge in [0.25, 0.3) is 0 Å². The number of aromatic nitrogens is 8. The van der Waals surface area contributed by atoms with Gasteiger partial charge in [-0.1, -0.05) is 0 Å². The Bertz CT molecular complexity index is 4860. The first kappa shape index (κ1) is 106. The van der Waals surface area contributed by atoms with Gasteiger partial charge in [-0.3, -0.25) is 0 Å². The maximum atomic E-state index is 9.89. The van der Waals surface area contributed by atoms with E-state index in [1.807, 2.05) is 48.6 Å². The van der Waals surface area contributed by atoms with Crippen LogP contribution >= 0.6 is 0 Å². The molecular weight excluding hydrogens is 2440 g/mol. The number of allylic oxidation sites excluding steroid dienone is 8. The second kappa shape index (κ2) is 57.6. The van der Waals surface area contributed by atoms with Crippen molar-refractivity contribution < 1.29 is 94.0 Å². The smallest absolute Gasteiger partial charge is 0.121 e. The van der Waals surface area contributed by atoms with Crippen LogP contribution in [0, 0.1) is 55.4 Å². The molecule has 0 spiro atoms. The minimum Gasteiger partial charge on any atom is -0.867 e. The molecule has 0 N–H and O–H groups in total. The zero-order chi connectivity index (χ0) is 88.4. The van der Waals surface area contributed by atoms with Crippen LogP contribution in [0.1, 0.15) is 29.7 Å². The van der Waals surface area contributed by atoms with Gasteiger partial charge in [-0.15, -0.1) is 0 Å². The van der Waals surface area contributed by atoms with Gasteiger partial charge in [0.15, 0.2) is 0 Å². The molecule has 8 aromatic heterocycles. The molecule has 0 radical (unpaired) electrons. The second-order valence-corrected chi connectivity index (χ2v) is 53.2. The summed E-state index contributed by atoms with van der Waals surface area (Å²) in [7, 11) is -12.7. The van der Waals surface area contributed by atoms with Crippen LogP contribution in [0.2, 0.25) is 0 Å². The number of hydrogen-bond acceptors (Lipinski definition) is 8. The Morgan fingerprint density at radius 1 is 0.208 bits per heavy atom. The fourth-order valence-electron chi connectivity index (χ4n) is 12.1. The fourth-order valence-corrected chi connectivity index (χ4v) is 35.6. The van der Waals surface area contributed by atoms with E-state index in [1.54, 1.807) is 56.9 Å². The molecule has 16 aromatic rings. The molecule has 16 nitrogen and oxygen atoms in total. The van der Waals surface area contributed by atoms with Crippen LogP contribution in [0.3, 0.4) is 0 Å². The summed E-state index contributed by atoms with van der Waals surface area (Å²) < 4.78 is 83.5. The topological polar surface area (TPSA) is 216 Å². The summed E-state index contributed by atoms with van der Waals surface area (Å²) in [6.07, 6.45) is 15.8. The zero-order valence-corrected chi connectivity index (χ0v) is 87.0. The van der Waals surface area contributed by atoms with Crippen LogP contribution in [0.5, 0.6) is 0 Å². The third-order valence-corrected chi connectivity index (χ3v) is 41.5. The van der Waals surface area contributed by atoms with E-state index in [9.17, 15) is 17.3 Å². The molecule has 0 saturated carbocycles. The monoisotopic (exact) mass is 2550 g/mol. The summed E-state index contributed by atoms with van der Waals surface area (Å²) in [6.45, 7) is 55.9. The molecule has 0 fully saturated rings. The minimum atomic E-state index is -3.17. The predicted molar refractivity (Wildman–Crippen MR) is 476 cm³/mol. The Kier molecular flexibility index (Phi) is 50.7. The quantitative estimate of drug-likeness (QED) is 0.0594. The van der Waals surface area contributed by atoms with Gasteiger partial charge in [-0.25, -0.2) is 0 Å². The number of halogens is 4. The number of benzene rings is 8. The maximum absolute atomic E-state index is 9.89. The van der Waals surface area contributed by atoms with Gasteiger partial charge < -0.3 is 57.5 Å². The second-order valence-electron chi connectivity index (χ2n) is 25.0. The molecule has 0 atom stereocenters. The summed E-state index contributed by atoms with van der Waals surface area (Å²) in [6, 6.07) is 69.7. The average molecular weight is 2530 g/mol. The van der Waals surface area contributed by atoms with Gasteiger partial charge in [-0.05, 0) is 0 Å². The number of para-hydroxylation sites is 8. The number of fused-ring (bicyclic) bond motifs is 8. The summed E-state index contributed by atoms with van der Waals surface area (Å²) in [5.74, 6) is 0. The number of rotatable bonds is 16. The third kappa shape index (κ3) is 34.4. The van der Waals surface area contributed by atoms with Gasteiger partial charge in [-0.2, -0.15) is 0 Å². The molecule has 120 heavy (non-hydrogen) atoms. The van der Waals surface area contributed by atoms with Crippen LogP contribution in [0.15, 0.2) is 295 Å². The maximum Gasteiger partial charge on any atom is 0.121 e. The molecule has 0 aliphatic rings. The van der Waals surface area contributed by atoms with E-state index in [1.165, 1.54) is 44.1 Å². The molecule has 0 aliphatic heterocycles. The van der Waals surface area contributed by atoms with Crippen LogP contribution in [-0.2, 0) is 52.4 Å². The van der Waals surface area contributed by atoms with Crippen molar-refractivity contribution in [3.05, 3.63) is 325 Å². The van der Waals surface area contributed by atoms with Gasteiger partial charge in [0, 0.05) is 0 Å². The third-order valence-electron chi connectivity index (χ3n) is 16.8. The van der Waals surface area contributed by atoms with E-state index in [0.717, 1.165) is 52.4 Å². The molecule has 0 unspecified atom stereocenters. The first-order valence-electron chi connectivity index (χ1n) is 37.3. The van der Waals surface area contributed by atoms with E-state index >= 15 is 0 Å². The molecular formula is C88H96B4F4N8O8Te8. The summed E-state index contributed by atoms with van der Waals surface area (Å²) in [5, 5.41) is 66.4. The van der Waals surface area contributed by atoms with E-state index in [4.69, 9.17) is 40.2 Å². The van der Waals surface area contributed by atoms with E-state index in [0.29, 0.717) is 0 Å². The van der Waals surface area contributed by atoms with E-state index in [2.05, 4.69) is 339 Å². The van der Waals surface area contributed by atoms with Crippen LogP contribution in [0.25, 0.3) is 71.4 Å². The Morgan fingerprint density at radius 3 is 0.375 bits per heavy atom. The van der Waals surface area contributed by atoms with Crippen molar-refractivity contribution in [3.8, 4) is 0 Å². The summed E-state index contributed by atoms with van der Waals surface area (Å²) in [5.41, 5.74) is 11.2. The Balaban J connectivity index is 0.000000238. The standard InChI is InChI=1S/8C11H12NTe.4BFO2/c8*1-3-8-12-9(2)13-11-7-5-4-6-10(11)12;4*2-1(3)4/h8*3-7H,1,8H2,2H3;;;;/q8*+1;4*-2. The van der Waals surface area contributed by atoms with Crippen LogP contribution in [-0.4, -0.2) is 193 Å². The number of aryl methyl sites for hydroxylation is 8. The molecule has 0 saturated heterocycles. The largest absolute Gasteiger partial charge is 0.867 e. The Morgan fingerprint density at radius 2 is 0.292 bits per heavy atom. The van der Waals surface area contributed by atoms with E-state index < -0.39 is 29.6 Å². The number of hydrogen-bond donors (Lipinski definition) is 0. The van der Waals surface area contributed by atoms with Crippen LogP contribution in [0.4, 0.5) is 17.3 Å². The molecule has 32 heteroatoms. The average Bonchev–Trinajstić information content (AvgIpc) is 1.74. The Labute approximate surface area is 781 Å². The van der Waals surface area contributed by atoms with Gasteiger partial charge in [0.1, 0.15) is 29.6 Å². The Hall–Kier alpha value is -4.98. The van der Waals surface area contributed by atoms with E-state index in [-0.39, 0.29) is 163 Å². The van der Waals surface area contributed by atoms with Crippen molar-refractivity contribution in [3.63, 3.8) is 0 Å². The molecule has 8 heterocycles. The molecule has 624 valence electrons. The van der Waals surface area contributed by atoms with Gasteiger partial charge in [0.2, 0.25) is 0 Å². The minimum absolute atomic E-state index is 0.0773. The molecule has 8 aromatic carbocycles. The molecule has 16 rings (SSSR count). The van der Waals surface area contributed by atoms with Crippen molar-refractivity contribution in [1.29, 1.82) is 0 Å². The summed E-state index contributed by atoms with van der Waals surface area (Å²) >= 11 is -0.619. The molecule has 0 amide bonds. The normalized spacial score (nSPS) is 10.0. The first-order chi connectivity index (χ1) is 57.5. The number of nitrogens with zero attached hydrogens (tertiary/aromatic N) is 8. The summed E-state index contributed by atoms with van der Waals surface area (Å²) in [4.78, 5) is 0. The molecule has 0 aliphatic carbocycles. The van der Waals surface area contributed by atoms with Crippen molar-refractivity contribution >= 4 is 264 Å². The first-order valence-corrected chi connectivity index (χ1v) is 55.9. The molecule has 0 bridgehead atoms. The van der Waals surface area contributed by atoms with Crippen molar-refractivity contribution in [2.75, 3.05) is 0 Å².